The van der Waals surface area contributed by atoms with Gasteiger partial charge in [-0.05, 0) is 55.8 Å². The van der Waals surface area contributed by atoms with E-state index in [2.05, 4.69) is 10.6 Å². The number of benzene rings is 2. The van der Waals surface area contributed by atoms with Gasteiger partial charge < -0.3 is 21.3 Å². The number of nitrogens with one attached hydrogen (secondary N) is 2. The summed E-state index contributed by atoms with van der Waals surface area (Å²) in [6.45, 7) is 3.99. The quantitative estimate of drug-likeness (QED) is 0.651. The third-order valence-corrected chi connectivity index (χ3v) is 6.98. The normalized spacial score (nSPS) is 18.3. The van der Waals surface area contributed by atoms with Crippen molar-refractivity contribution in [3.63, 3.8) is 0 Å². The molecule has 6 heteroatoms. The molecule has 0 atom stereocenters. The number of likely N-dealkylation sites (tertiary alicyclic amines) is 1. The number of nitrogens with zero attached hydrogens (tertiary/aromatic N) is 1. The molecule has 2 aromatic rings. The van der Waals surface area contributed by atoms with E-state index >= 15 is 0 Å². The molecule has 0 radical (unpaired) electrons. The largest absolute Gasteiger partial charge is 0.354 e. The molecule has 2 fully saturated rings. The SMILES string of the molecule is NC(C(=O)NCC1CCN(C(=O)C2CCNCC2)CC1)(c1ccccc1)c1ccccc1. The number of hydrogen-bond donors (Lipinski definition) is 3. The van der Waals surface area contributed by atoms with Crippen molar-refractivity contribution in [2.24, 2.45) is 17.6 Å². The topological polar surface area (TPSA) is 87.5 Å². The second kappa shape index (κ2) is 10.3. The van der Waals surface area contributed by atoms with E-state index in [1.165, 1.54) is 0 Å². The van der Waals surface area contributed by atoms with Crippen LogP contribution in [0.3, 0.4) is 0 Å². The lowest BCUT2D eigenvalue weighted by Crippen LogP contribution is -2.53. The first-order valence-electron chi connectivity index (χ1n) is 11.8. The Kier molecular flexibility index (Phi) is 7.22. The van der Waals surface area contributed by atoms with Crippen molar-refractivity contribution in [2.75, 3.05) is 32.7 Å². The Hall–Kier alpha value is -2.70. The Morgan fingerprint density at radius 2 is 1.44 bits per heavy atom. The molecule has 0 spiro atoms. The molecule has 6 nitrogen and oxygen atoms in total. The molecule has 2 aliphatic rings. The molecule has 2 aromatic carbocycles. The average molecular weight is 435 g/mol. The molecule has 2 saturated heterocycles. The van der Waals surface area contributed by atoms with Crippen LogP contribution in [-0.2, 0) is 15.1 Å². The second-order valence-corrected chi connectivity index (χ2v) is 9.04. The van der Waals surface area contributed by atoms with Crippen LogP contribution in [0.1, 0.15) is 36.8 Å². The predicted octanol–water partition coefficient (Wildman–Crippen LogP) is 2.24. The first-order valence-corrected chi connectivity index (χ1v) is 11.8. The van der Waals surface area contributed by atoms with Crippen molar-refractivity contribution in [2.45, 2.75) is 31.2 Å². The number of carbonyl (C=O) groups is 2. The fourth-order valence-electron chi connectivity index (χ4n) is 4.89. The molecule has 2 heterocycles. The molecule has 0 unspecified atom stereocenters. The minimum atomic E-state index is -1.24. The van der Waals surface area contributed by atoms with Gasteiger partial charge in [-0.1, -0.05) is 60.7 Å². The van der Waals surface area contributed by atoms with E-state index in [1.807, 2.05) is 65.6 Å². The summed E-state index contributed by atoms with van der Waals surface area (Å²) in [5, 5.41) is 6.44. The van der Waals surface area contributed by atoms with Crippen LogP contribution in [-0.4, -0.2) is 49.4 Å². The summed E-state index contributed by atoms with van der Waals surface area (Å²) < 4.78 is 0. The first-order chi connectivity index (χ1) is 15.6. The Bertz CT molecular complexity index is 849. The zero-order chi connectivity index (χ0) is 22.4. The predicted molar refractivity (Wildman–Crippen MR) is 126 cm³/mol. The van der Waals surface area contributed by atoms with Gasteiger partial charge in [-0.3, -0.25) is 9.59 Å². The zero-order valence-corrected chi connectivity index (χ0v) is 18.6. The van der Waals surface area contributed by atoms with E-state index < -0.39 is 5.54 Å². The van der Waals surface area contributed by atoms with E-state index in [0.29, 0.717) is 18.4 Å². The van der Waals surface area contributed by atoms with Gasteiger partial charge >= 0.3 is 0 Å². The van der Waals surface area contributed by atoms with Crippen molar-refractivity contribution < 1.29 is 9.59 Å². The third-order valence-electron chi connectivity index (χ3n) is 6.98. The summed E-state index contributed by atoms with van der Waals surface area (Å²) in [7, 11) is 0. The Morgan fingerprint density at radius 3 is 1.97 bits per heavy atom. The fourth-order valence-corrected chi connectivity index (χ4v) is 4.89. The summed E-state index contributed by atoms with van der Waals surface area (Å²) >= 11 is 0. The smallest absolute Gasteiger partial charge is 0.249 e. The molecule has 4 rings (SSSR count). The monoisotopic (exact) mass is 434 g/mol. The minimum Gasteiger partial charge on any atom is -0.354 e. The van der Waals surface area contributed by atoms with Crippen LogP contribution in [0.4, 0.5) is 0 Å². The zero-order valence-electron chi connectivity index (χ0n) is 18.6. The standard InChI is InChI=1S/C26H34N4O2/c27-26(22-7-3-1-4-8-22,23-9-5-2-6-10-23)25(32)29-19-20-13-17-30(18-14-20)24(31)21-11-15-28-16-12-21/h1-10,20-21,28H,11-19,27H2,(H,29,32). The molecular formula is C26H34N4O2. The number of hydrogen-bond acceptors (Lipinski definition) is 4. The number of carbonyl (C=O) groups excluding carboxylic acids is 2. The van der Waals surface area contributed by atoms with E-state index in [9.17, 15) is 9.59 Å². The molecular weight excluding hydrogens is 400 g/mol. The number of rotatable bonds is 6. The molecule has 170 valence electrons. The van der Waals surface area contributed by atoms with E-state index in [-0.39, 0.29) is 11.8 Å². The van der Waals surface area contributed by atoms with Crippen molar-refractivity contribution in [3.8, 4) is 0 Å². The maximum Gasteiger partial charge on any atom is 0.249 e. The van der Waals surface area contributed by atoms with E-state index in [4.69, 9.17) is 5.73 Å². The summed E-state index contributed by atoms with van der Waals surface area (Å²) in [4.78, 5) is 28.2. The van der Waals surface area contributed by atoms with Gasteiger partial charge in [-0.25, -0.2) is 0 Å². The lowest BCUT2D eigenvalue weighted by atomic mass is 9.82. The highest BCUT2D eigenvalue weighted by atomic mass is 16.2. The molecule has 0 aromatic heterocycles. The highest BCUT2D eigenvalue weighted by Crippen LogP contribution is 2.28. The number of piperidine rings is 2. The molecule has 2 amide bonds. The maximum atomic E-state index is 13.4. The number of amides is 2. The van der Waals surface area contributed by atoms with Crippen molar-refractivity contribution >= 4 is 11.8 Å². The number of nitrogens with two attached hydrogens (primary N) is 1. The van der Waals surface area contributed by atoms with Crippen LogP contribution >= 0.6 is 0 Å². The molecule has 0 aliphatic carbocycles. The average Bonchev–Trinajstić information content (AvgIpc) is 2.88. The lowest BCUT2D eigenvalue weighted by molar-refractivity contribution is -0.138. The van der Waals surface area contributed by atoms with Gasteiger partial charge in [0.2, 0.25) is 11.8 Å². The Morgan fingerprint density at radius 1 is 0.906 bits per heavy atom. The Labute approximate surface area is 190 Å². The van der Waals surface area contributed by atoms with Crippen molar-refractivity contribution in [1.29, 1.82) is 0 Å². The van der Waals surface area contributed by atoms with Gasteiger partial charge in [0.05, 0.1) is 0 Å². The maximum absolute atomic E-state index is 13.4. The molecule has 32 heavy (non-hydrogen) atoms. The van der Waals surface area contributed by atoms with Gasteiger partial charge in [0.15, 0.2) is 0 Å². The van der Waals surface area contributed by atoms with Gasteiger partial charge in [-0.2, -0.15) is 0 Å². The summed E-state index contributed by atoms with van der Waals surface area (Å²) in [5.41, 5.74) is 7.07. The first kappa shape index (κ1) is 22.5. The van der Waals surface area contributed by atoms with Crippen molar-refractivity contribution in [3.05, 3.63) is 71.8 Å². The van der Waals surface area contributed by atoms with Gasteiger partial charge in [-0.15, -0.1) is 0 Å². The summed E-state index contributed by atoms with van der Waals surface area (Å²) in [6, 6.07) is 19.1. The van der Waals surface area contributed by atoms with Crippen LogP contribution in [0.5, 0.6) is 0 Å². The summed E-state index contributed by atoms with van der Waals surface area (Å²) in [6.07, 6.45) is 3.69. The van der Waals surface area contributed by atoms with E-state index in [0.717, 1.165) is 63.0 Å². The highest BCUT2D eigenvalue weighted by Gasteiger charge is 2.38. The van der Waals surface area contributed by atoms with Crippen LogP contribution in [0.2, 0.25) is 0 Å². The molecule has 0 saturated carbocycles. The summed E-state index contributed by atoms with van der Waals surface area (Å²) in [5.74, 6) is 0.639. The van der Waals surface area contributed by atoms with Gasteiger partial charge in [0.25, 0.3) is 0 Å². The highest BCUT2D eigenvalue weighted by molar-refractivity contribution is 5.91. The third kappa shape index (κ3) is 4.87. The van der Waals surface area contributed by atoms with Crippen molar-refractivity contribution in [1.82, 2.24) is 15.5 Å². The minimum absolute atomic E-state index is 0.169. The van der Waals surface area contributed by atoms with Crippen LogP contribution in [0.15, 0.2) is 60.7 Å². The van der Waals surface area contributed by atoms with Crippen LogP contribution in [0, 0.1) is 11.8 Å². The second-order valence-electron chi connectivity index (χ2n) is 9.04. The Balaban J connectivity index is 1.36. The van der Waals surface area contributed by atoms with Gasteiger partial charge in [0, 0.05) is 25.6 Å². The van der Waals surface area contributed by atoms with E-state index in [1.54, 1.807) is 0 Å². The fraction of sp³-hybridized carbons (Fsp3) is 0.462. The molecule has 4 N–H and O–H groups in total. The lowest BCUT2D eigenvalue weighted by Gasteiger charge is -2.36. The van der Waals surface area contributed by atoms with Gasteiger partial charge in [0.1, 0.15) is 5.54 Å². The molecule has 2 aliphatic heterocycles. The van der Waals surface area contributed by atoms with Crippen LogP contribution in [0.25, 0.3) is 0 Å². The molecule has 0 bridgehead atoms. The van der Waals surface area contributed by atoms with Crippen LogP contribution < -0.4 is 16.4 Å².